The van der Waals surface area contributed by atoms with E-state index < -0.39 is 24.2 Å². The summed E-state index contributed by atoms with van der Waals surface area (Å²) in [6.07, 6.45) is -1.79. The van der Waals surface area contributed by atoms with Gasteiger partial charge in [-0.15, -0.1) is 0 Å². The molecule has 1 heterocycles. The molecule has 0 aromatic heterocycles. The molecule has 5 heteroatoms. The first kappa shape index (κ1) is 12.0. The highest BCUT2D eigenvalue weighted by Crippen LogP contribution is 2.19. The molecule has 1 aliphatic rings. The van der Waals surface area contributed by atoms with Crippen LogP contribution in [0.25, 0.3) is 0 Å². The number of benzene rings is 1. The first-order chi connectivity index (χ1) is 8.18. The van der Waals surface area contributed by atoms with Crippen LogP contribution < -0.4 is 5.73 Å². The average molecular weight is 237 g/mol. The SMILES string of the molecule is NC1OCC(C(=O)OCc2ccccc2)C1O. The molecule has 1 fully saturated rings. The fourth-order valence-corrected chi connectivity index (χ4v) is 1.68. The van der Waals surface area contributed by atoms with Crippen LogP contribution in [-0.2, 0) is 20.9 Å². The van der Waals surface area contributed by atoms with Crippen LogP contribution in [0.3, 0.4) is 0 Å². The lowest BCUT2D eigenvalue weighted by atomic mass is 10.1. The van der Waals surface area contributed by atoms with E-state index in [-0.39, 0.29) is 13.2 Å². The molecule has 0 aliphatic carbocycles. The van der Waals surface area contributed by atoms with Gasteiger partial charge in [-0.2, -0.15) is 0 Å². The molecule has 5 nitrogen and oxygen atoms in total. The van der Waals surface area contributed by atoms with E-state index in [0.717, 1.165) is 5.56 Å². The summed E-state index contributed by atoms with van der Waals surface area (Å²) in [4.78, 5) is 11.7. The Hall–Kier alpha value is -1.43. The summed E-state index contributed by atoms with van der Waals surface area (Å²) in [5.41, 5.74) is 6.34. The van der Waals surface area contributed by atoms with Crippen molar-refractivity contribution in [3.8, 4) is 0 Å². The fourth-order valence-electron chi connectivity index (χ4n) is 1.68. The highest BCUT2D eigenvalue weighted by Gasteiger charge is 2.39. The molecule has 92 valence electrons. The molecular weight excluding hydrogens is 222 g/mol. The second-order valence-electron chi connectivity index (χ2n) is 3.99. The van der Waals surface area contributed by atoms with Gasteiger partial charge >= 0.3 is 5.97 Å². The smallest absolute Gasteiger partial charge is 0.314 e. The maximum atomic E-state index is 11.7. The van der Waals surface area contributed by atoms with Crippen molar-refractivity contribution in [1.82, 2.24) is 0 Å². The second-order valence-corrected chi connectivity index (χ2v) is 3.99. The van der Waals surface area contributed by atoms with E-state index in [0.29, 0.717) is 0 Å². The molecule has 1 aromatic carbocycles. The molecule has 1 aromatic rings. The summed E-state index contributed by atoms with van der Waals surface area (Å²) in [6.45, 7) is 0.300. The molecule has 17 heavy (non-hydrogen) atoms. The number of rotatable bonds is 3. The van der Waals surface area contributed by atoms with Gasteiger partial charge < -0.3 is 20.3 Å². The van der Waals surface area contributed by atoms with Crippen molar-refractivity contribution >= 4 is 5.97 Å². The molecule has 3 atom stereocenters. The zero-order valence-corrected chi connectivity index (χ0v) is 9.28. The summed E-state index contributed by atoms with van der Waals surface area (Å²) in [7, 11) is 0. The number of esters is 1. The van der Waals surface area contributed by atoms with Crippen LogP contribution in [0.4, 0.5) is 0 Å². The number of hydrogen-bond acceptors (Lipinski definition) is 5. The van der Waals surface area contributed by atoms with Gasteiger partial charge in [-0.25, -0.2) is 0 Å². The quantitative estimate of drug-likeness (QED) is 0.724. The van der Waals surface area contributed by atoms with Crippen LogP contribution in [0, 0.1) is 5.92 Å². The highest BCUT2D eigenvalue weighted by atomic mass is 16.6. The lowest BCUT2D eigenvalue weighted by Gasteiger charge is -2.13. The molecule has 2 rings (SSSR count). The maximum absolute atomic E-state index is 11.7. The number of aliphatic hydroxyl groups is 1. The van der Waals surface area contributed by atoms with Gasteiger partial charge in [0.2, 0.25) is 0 Å². The third-order valence-electron chi connectivity index (χ3n) is 2.74. The Bertz CT molecular complexity index is 381. The largest absolute Gasteiger partial charge is 0.460 e. The van der Waals surface area contributed by atoms with Gasteiger partial charge in [0.25, 0.3) is 0 Å². The predicted molar refractivity (Wildman–Crippen MR) is 59.7 cm³/mol. The first-order valence-corrected chi connectivity index (χ1v) is 5.44. The third-order valence-corrected chi connectivity index (χ3v) is 2.74. The van der Waals surface area contributed by atoms with E-state index in [1.165, 1.54) is 0 Å². The van der Waals surface area contributed by atoms with Crippen molar-refractivity contribution in [2.45, 2.75) is 18.9 Å². The number of ether oxygens (including phenoxy) is 2. The van der Waals surface area contributed by atoms with E-state index in [1.54, 1.807) is 0 Å². The Morgan fingerprint density at radius 2 is 2.18 bits per heavy atom. The number of carbonyl (C=O) groups excluding carboxylic acids is 1. The van der Waals surface area contributed by atoms with E-state index in [1.807, 2.05) is 30.3 Å². The normalized spacial score (nSPS) is 28.0. The average Bonchev–Trinajstić information content (AvgIpc) is 2.69. The Kier molecular flexibility index (Phi) is 3.73. The number of nitrogens with two attached hydrogens (primary N) is 1. The van der Waals surface area contributed by atoms with E-state index in [4.69, 9.17) is 15.2 Å². The lowest BCUT2D eigenvalue weighted by Crippen LogP contribution is -2.37. The molecule has 3 unspecified atom stereocenters. The highest BCUT2D eigenvalue weighted by molar-refractivity contribution is 5.73. The second kappa shape index (κ2) is 5.27. The monoisotopic (exact) mass is 237 g/mol. The van der Waals surface area contributed by atoms with Crippen LogP contribution in [-0.4, -0.2) is 30.0 Å². The molecular formula is C12H15NO4. The predicted octanol–water partition coefficient (Wildman–Crippen LogP) is 0.0219. The molecule has 0 saturated carbocycles. The minimum Gasteiger partial charge on any atom is -0.460 e. The third kappa shape index (κ3) is 2.82. The van der Waals surface area contributed by atoms with E-state index in [2.05, 4.69) is 0 Å². The Balaban J connectivity index is 1.86. The molecule has 0 bridgehead atoms. The van der Waals surface area contributed by atoms with E-state index in [9.17, 15) is 9.90 Å². The van der Waals surface area contributed by atoms with Crippen molar-refractivity contribution in [3.05, 3.63) is 35.9 Å². The Labute approximate surface area is 99.1 Å². The van der Waals surface area contributed by atoms with Gasteiger partial charge in [0.1, 0.15) is 24.9 Å². The van der Waals surface area contributed by atoms with Crippen LogP contribution in [0.5, 0.6) is 0 Å². The van der Waals surface area contributed by atoms with Gasteiger partial charge in [-0.3, -0.25) is 4.79 Å². The van der Waals surface area contributed by atoms with Gasteiger partial charge in [-0.1, -0.05) is 30.3 Å². The van der Waals surface area contributed by atoms with Gasteiger partial charge in [-0.05, 0) is 5.56 Å². The molecule has 3 N–H and O–H groups in total. The molecule has 0 spiro atoms. The molecule has 1 saturated heterocycles. The summed E-state index contributed by atoms with van der Waals surface area (Å²) in [6, 6.07) is 9.35. The summed E-state index contributed by atoms with van der Waals surface area (Å²) in [5.74, 6) is -1.16. The van der Waals surface area contributed by atoms with Crippen LogP contribution in [0.2, 0.25) is 0 Å². The van der Waals surface area contributed by atoms with Crippen molar-refractivity contribution < 1.29 is 19.4 Å². The van der Waals surface area contributed by atoms with Crippen LogP contribution >= 0.6 is 0 Å². The van der Waals surface area contributed by atoms with Crippen molar-refractivity contribution in [2.75, 3.05) is 6.61 Å². The summed E-state index contributed by atoms with van der Waals surface area (Å²) in [5, 5.41) is 9.57. The Morgan fingerprint density at radius 3 is 2.76 bits per heavy atom. The molecule has 0 radical (unpaired) electrons. The maximum Gasteiger partial charge on any atom is 0.314 e. The van der Waals surface area contributed by atoms with Gasteiger partial charge in [0, 0.05) is 0 Å². The molecule has 1 aliphatic heterocycles. The summed E-state index contributed by atoms with van der Waals surface area (Å²) < 4.78 is 10.1. The minimum absolute atomic E-state index is 0.107. The van der Waals surface area contributed by atoms with Crippen molar-refractivity contribution in [1.29, 1.82) is 0 Å². The lowest BCUT2D eigenvalue weighted by molar-refractivity contribution is -0.152. The van der Waals surface area contributed by atoms with Crippen molar-refractivity contribution in [2.24, 2.45) is 11.7 Å². The molecule has 0 amide bonds. The minimum atomic E-state index is -0.988. The number of aliphatic hydroxyl groups excluding tert-OH is 1. The summed E-state index contributed by atoms with van der Waals surface area (Å²) >= 11 is 0. The first-order valence-electron chi connectivity index (χ1n) is 5.44. The topological polar surface area (TPSA) is 81.8 Å². The van der Waals surface area contributed by atoms with Crippen molar-refractivity contribution in [3.63, 3.8) is 0 Å². The zero-order valence-electron chi connectivity index (χ0n) is 9.28. The standard InChI is InChI=1S/C12H15NO4/c13-11-10(14)9(7-16-11)12(15)17-6-8-4-2-1-3-5-8/h1-5,9-11,14H,6-7,13H2. The Morgan fingerprint density at radius 1 is 1.47 bits per heavy atom. The number of hydrogen-bond donors (Lipinski definition) is 2. The van der Waals surface area contributed by atoms with Crippen LogP contribution in [0.15, 0.2) is 30.3 Å². The fraction of sp³-hybridized carbons (Fsp3) is 0.417. The van der Waals surface area contributed by atoms with Crippen LogP contribution in [0.1, 0.15) is 5.56 Å². The zero-order chi connectivity index (χ0) is 12.3. The number of carbonyl (C=O) groups is 1. The van der Waals surface area contributed by atoms with E-state index >= 15 is 0 Å². The van der Waals surface area contributed by atoms with Gasteiger partial charge in [0.05, 0.1) is 6.61 Å². The van der Waals surface area contributed by atoms with Gasteiger partial charge in [0.15, 0.2) is 0 Å².